The topological polar surface area (TPSA) is 76.4 Å². The van der Waals surface area contributed by atoms with Crippen LogP contribution in [0.1, 0.15) is 50.3 Å². The van der Waals surface area contributed by atoms with Crippen LogP contribution in [0.5, 0.6) is 0 Å². The highest BCUT2D eigenvalue weighted by molar-refractivity contribution is 5.80. The Hall–Kier alpha value is -2.41. The zero-order valence-corrected chi connectivity index (χ0v) is 17.8. The third-order valence-electron chi connectivity index (χ3n) is 4.96. The van der Waals surface area contributed by atoms with E-state index in [0.29, 0.717) is 12.5 Å². The maximum Gasteiger partial charge on any atom is 0.191 e. The molecule has 2 atom stereocenters. The maximum atomic E-state index is 5.42. The average molecular weight is 387 g/mol. The summed E-state index contributed by atoms with van der Waals surface area (Å²) in [5.74, 6) is 2.87. The second-order valence-electron chi connectivity index (χ2n) is 7.00. The monoisotopic (exact) mass is 386 g/mol. The van der Waals surface area contributed by atoms with Crippen molar-refractivity contribution in [2.24, 2.45) is 12.0 Å². The van der Waals surface area contributed by atoms with E-state index in [4.69, 9.17) is 9.73 Å². The van der Waals surface area contributed by atoms with Crippen LogP contribution in [-0.4, -0.2) is 46.5 Å². The van der Waals surface area contributed by atoms with Gasteiger partial charge in [0.1, 0.15) is 12.4 Å². The summed E-state index contributed by atoms with van der Waals surface area (Å²) in [5.41, 5.74) is 1.31. The number of aryl methyl sites for hydroxylation is 1. The van der Waals surface area contributed by atoms with E-state index >= 15 is 0 Å². The fourth-order valence-corrected chi connectivity index (χ4v) is 2.80. The van der Waals surface area contributed by atoms with Crippen LogP contribution in [0.25, 0.3) is 0 Å². The Balaban J connectivity index is 2.01. The zero-order chi connectivity index (χ0) is 20.4. The van der Waals surface area contributed by atoms with Crippen molar-refractivity contribution in [3.63, 3.8) is 0 Å². The van der Waals surface area contributed by atoms with E-state index in [2.05, 4.69) is 58.9 Å². The minimum atomic E-state index is 0.224. The molecule has 154 valence electrons. The van der Waals surface area contributed by atoms with Gasteiger partial charge in [-0.1, -0.05) is 37.3 Å². The molecule has 7 nitrogen and oxygen atoms in total. The molecule has 2 aromatic rings. The molecule has 0 aliphatic carbocycles. The summed E-state index contributed by atoms with van der Waals surface area (Å²) in [5, 5.41) is 15.3. The number of aliphatic imine (C=N–C) groups is 1. The van der Waals surface area contributed by atoms with Gasteiger partial charge in [0.15, 0.2) is 11.8 Å². The molecule has 0 saturated heterocycles. The van der Waals surface area contributed by atoms with E-state index in [-0.39, 0.29) is 6.04 Å². The number of hydrogen-bond donors (Lipinski definition) is 2. The lowest BCUT2D eigenvalue weighted by molar-refractivity contribution is 0.145. The van der Waals surface area contributed by atoms with Crippen LogP contribution in [0.15, 0.2) is 35.3 Å². The fraction of sp³-hybridized carbons (Fsp3) is 0.571. The summed E-state index contributed by atoms with van der Waals surface area (Å²) in [6.07, 6.45) is 0.931. The van der Waals surface area contributed by atoms with Gasteiger partial charge in [-0.15, -0.1) is 10.2 Å². The van der Waals surface area contributed by atoms with E-state index in [0.717, 1.165) is 43.8 Å². The lowest BCUT2D eigenvalue weighted by Gasteiger charge is -2.24. The van der Waals surface area contributed by atoms with Crippen molar-refractivity contribution in [1.29, 1.82) is 0 Å². The zero-order valence-electron chi connectivity index (χ0n) is 17.8. The molecule has 1 aromatic heterocycles. The van der Waals surface area contributed by atoms with Crippen molar-refractivity contribution in [3.05, 3.63) is 47.5 Å². The van der Waals surface area contributed by atoms with Crippen LogP contribution < -0.4 is 10.6 Å². The van der Waals surface area contributed by atoms with Gasteiger partial charge in [0.05, 0.1) is 0 Å². The third-order valence-corrected chi connectivity index (χ3v) is 4.96. The molecular weight excluding hydrogens is 352 g/mol. The molecule has 2 N–H and O–H groups in total. The highest BCUT2D eigenvalue weighted by Gasteiger charge is 2.15. The molecule has 2 rings (SSSR count). The largest absolute Gasteiger partial charge is 0.382 e. The van der Waals surface area contributed by atoms with Gasteiger partial charge in [-0.25, -0.2) is 4.99 Å². The second-order valence-corrected chi connectivity index (χ2v) is 7.00. The molecule has 0 saturated carbocycles. The molecule has 1 heterocycles. The predicted molar refractivity (Wildman–Crippen MR) is 113 cm³/mol. The van der Waals surface area contributed by atoms with E-state index in [1.165, 1.54) is 5.56 Å². The molecule has 0 amide bonds. The standard InChI is InChI=1S/C21H34N6O/c1-6-28-14-10-13-22-21(23-15-20-26-25-18(4)27(20)5)24-17(3)16(2)19-11-8-7-9-12-19/h7-9,11-12,16-17H,6,10,13-15H2,1-5H3,(H2,22,23,24). The van der Waals surface area contributed by atoms with Crippen molar-refractivity contribution in [2.75, 3.05) is 19.8 Å². The summed E-state index contributed by atoms with van der Waals surface area (Å²) < 4.78 is 7.38. The van der Waals surface area contributed by atoms with Crippen LogP contribution >= 0.6 is 0 Å². The molecular formula is C21H34N6O. The lowest BCUT2D eigenvalue weighted by Crippen LogP contribution is -2.44. The van der Waals surface area contributed by atoms with Gasteiger partial charge in [-0.3, -0.25) is 0 Å². The highest BCUT2D eigenvalue weighted by atomic mass is 16.5. The van der Waals surface area contributed by atoms with Gasteiger partial charge >= 0.3 is 0 Å². The summed E-state index contributed by atoms with van der Waals surface area (Å²) in [7, 11) is 1.96. The van der Waals surface area contributed by atoms with E-state index in [1.54, 1.807) is 0 Å². The van der Waals surface area contributed by atoms with Crippen molar-refractivity contribution < 1.29 is 4.74 Å². The lowest BCUT2D eigenvalue weighted by atomic mass is 9.94. The minimum Gasteiger partial charge on any atom is -0.382 e. The van der Waals surface area contributed by atoms with Crippen LogP contribution in [0, 0.1) is 6.92 Å². The third kappa shape index (κ3) is 6.64. The molecule has 7 heteroatoms. The molecule has 2 unspecified atom stereocenters. The first kappa shape index (κ1) is 21.9. The minimum absolute atomic E-state index is 0.224. The molecule has 1 aromatic carbocycles. The summed E-state index contributed by atoms with van der Waals surface area (Å²) in [6.45, 7) is 11.1. The number of guanidine groups is 1. The fourth-order valence-electron chi connectivity index (χ4n) is 2.80. The normalized spacial score (nSPS) is 14.0. The van der Waals surface area contributed by atoms with E-state index in [9.17, 15) is 0 Å². The Kier molecular flexibility index (Phi) is 8.94. The van der Waals surface area contributed by atoms with Gasteiger partial charge in [0.2, 0.25) is 0 Å². The Bertz CT molecular complexity index is 728. The number of nitrogens with one attached hydrogen (secondary N) is 2. The van der Waals surface area contributed by atoms with Crippen LogP contribution in [0.4, 0.5) is 0 Å². The molecule has 0 spiro atoms. The Morgan fingerprint density at radius 3 is 2.61 bits per heavy atom. The SMILES string of the molecule is CCOCCCNC(=NCc1nnc(C)n1C)NC(C)C(C)c1ccccc1. The van der Waals surface area contributed by atoms with Gasteiger partial charge < -0.3 is 19.9 Å². The smallest absolute Gasteiger partial charge is 0.191 e. The summed E-state index contributed by atoms with van der Waals surface area (Å²) >= 11 is 0. The first-order valence-corrected chi connectivity index (χ1v) is 10.0. The first-order chi connectivity index (χ1) is 13.5. The number of nitrogens with zero attached hydrogens (tertiary/aromatic N) is 4. The Labute approximate surface area is 168 Å². The van der Waals surface area contributed by atoms with Crippen LogP contribution in [-0.2, 0) is 18.3 Å². The van der Waals surface area contributed by atoms with E-state index < -0.39 is 0 Å². The number of aromatic nitrogens is 3. The van der Waals surface area contributed by atoms with Crippen molar-refractivity contribution in [1.82, 2.24) is 25.4 Å². The molecule has 28 heavy (non-hydrogen) atoms. The Morgan fingerprint density at radius 2 is 1.96 bits per heavy atom. The molecule has 0 fully saturated rings. The number of ether oxygens (including phenoxy) is 1. The average Bonchev–Trinajstić information content (AvgIpc) is 3.03. The molecule has 0 aliphatic heterocycles. The Morgan fingerprint density at radius 1 is 1.21 bits per heavy atom. The van der Waals surface area contributed by atoms with E-state index in [1.807, 2.05) is 31.5 Å². The van der Waals surface area contributed by atoms with Crippen LogP contribution in [0.3, 0.4) is 0 Å². The van der Waals surface area contributed by atoms with Gasteiger partial charge in [-0.2, -0.15) is 0 Å². The van der Waals surface area contributed by atoms with Crippen molar-refractivity contribution in [3.8, 4) is 0 Å². The van der Waals surface area contributed by atoms with Gasteiger partial charge in [0, 0.05) is 38.8 Å². The van der Waals surface area contributed by atoms with Gasteiger partial charge in [0.25, 0.3) is 0 Å². The summed E-state index contributed by atoms with van der Waals surface area (Å²) in [6, 6.07) is 10.8. The highest BCUT2D eigenvalue weighted by Crippen LogP contribution is 2.18. The first-order valence-electron chi connectivity index (χ1n) is 10.0. The quantitative estimate of drug-likeness (QED) is 0.373. The molecule has 0 radical (unpaired) electrons. The number of benzene rings is 1. The van der Waals surface area contributed by atoms with Gasteiger partial charge in [-0.05, 0) is 32.8 Å². The van der Waals surface area contributed by atoms with Crippen LogP contribution in [0.2, 0.25) is 0 Å². The maximum absolute atomic E-state index is 5.42. The predicted octanol–water partition coefficient (Wildman–Crippen LogP) is 2.78. The number of hydrogen-bond acceptors (Lipinski definition) is 4. The summed E-state index contributed by atoms with van der Waals surface area (Å²) in [4.78, 5) is 4.73. The molecule has 0 bridgehead atoms. The number of rotatable bonds is 10. The second kappa shape index (κ2) is 11.4. The van der Waals surface area contributed by atoms with Crippen molar-refractivity contribution in [2.45, 2.75) is 52.6 Å². The van der Waals surface area contributed by atoms with Crippen molar-refractivity contribution >= 4 is 5.96 Å². The molecule has 0 aliphatic rings.